The van der Waals surface area contributed by atoms with E-state index in [1.165, 1.54) is 16.8 Å². The molecule has 3 nitrogen and oxygen atoms in total. The molecule has 0 atom stereocenters. The number of nitrogens with zero attached hydrogens (tertiary/aromatic N) is 1. The molecule has 0 amide bonds. The summed E-state index contributed by atoms with van der Waals surface area (Å²) in [7, 11) is 4.15. The fraction of sp³-hybridized carbons (Fsp3) is 0.324. The predicted octanol–water partition coefficient (Wildman–Crippen LogP) is 8.58. The Bertz CT molecular complexity index is 1240. The minimum Gasteiger partial charge on any atom is -0.381 e. The third-order valence-corrected chi connectivity index (χ3v) is 7.02. The second-order valence-corrected chi connectivity index (χ2v) is 11.0. The molecule has 0 unspecified atom stereocenters. The summed E-state index contributed by atoms with van der Waals surface area (Å²) in [6.07, 6.45) is 11.2. The van der Waals surface area contributed by atoms with Crippen molar-refractivity contribution in [2.24, 2.45) is 0 Å². The molecule has 37 heavy (non-hydrogen) atoms. The highest BCUT2D eigenvalue weighted by Gasteiger charge is 2.17. The number of nitrogens with one attached hydrogen (secondary N) is 2. The van der Waals surface area contributed by atoms with E-state index < -0.39 is 0 Å². The average molecular weight is 494 g/mol. The molecule has 1 aliphatic rings. The van der Waals surface area contributed by atoms with Crippen molar-refractivity contribution in [2.45, 2.75) is 59.3 Å². The SMILES string of the molecule is C=C(Nc1ccc(CC)cc1)/C(C)=C(/CC(=N)c1ccc(C(C)(C)C)cc1)C1=CC=C(N(C)C)CC=C1. The van der Waals surface area contributed by atoms with Gasteiger partial charge in [-0.15, -0.1) is 0 Å². The molecule has 1 aliphatic carbocycles. The van der Waals surface area contributed by atoms with Gasteiger partial charge in [0.15, 0.2) is 0 Å². The topological polar surface area (TPSA) is 39.1 Å². The van der Waals surface area contributed by atoms with Gasteiger partial charge in [-0.3, -0.25) is 0 Å². The zero-order valence-electron chi connectivity index (χ0n) is 23.7. The molecule has 3 rings (SSSR count). The zero-order valence-corrected chi connectivity index (χ0v) is 23.7. The highest BCUT2D eigenvalue weighted by Crippen LogP contribution is 2.30. The monoisotopic (exact) mass is 493 g/mol. The molecule has 0 saturated carbocycles. The van der Waals surface area contributed by atoms with Crippen LogP contribution in [0.3, 0.4) is 0 Å². The normalized spacial score (nSPS) is 14.2. The number of rotatable bonds is 9. The number of benzene rings is 2. The molecular weight excluding hydrogens is 450 g/mol. The molecule has 194 valence electrons. The van der Waals surface area contributed by atoms with Gasteiger partial charge >= 0.3 is 0 Å². The second-order valence-electron chi connectivity index (χ2n) is 11.0. The van der Waals surface area contributed by atoms with Crippen molar-refractivity contribution in [1.82, 2.24) is 4.90 Å². The van der Waals surface area contributed by atoms with E-state index in [9.17, 15) is 0 Å². The summed E-state index contributed by atoms with van der Waals surface area (Å²) in [6.45, 7) is 15.3. The van der Waals surface area contributed by atoms with Gasteiger partial charge in [0.25, 0.3) is 0 Å². The number of hydrogen-bond acceptors (Lipinski definition) is 3. The van der Waals surface area contributed by atoms with E-state index in [1.54, 1.807) is 0 Å². The maximum Gasteiger partial charge on any atom is 0.0430 e. The number of hydrogen-bond donors (Lipinski definition) is 2. The van der Waals surface area contributed by atoms with Gasteiger partial charge in [0.1, 0.15) is 0 Å². The van der Waals surface area contributed by atoms with Crippen molar-refractivity contribution in [3.05, 3.63) is 124 Å². The van der Waals surface area contributed by atoms with Gasteiger partial charge in [-0.25, -0.2) is 0 Å². The highest BCUT2D eigenvalue weighted by molar-refractivity contribution is 6.00. The number of anilines is 1. The van der Waals surface area contributed by atoms with E-state index in [0.29, 0.717) is 12.1 Å². The van der Waals surface area contributed by atoms with Crippen LogP contribution in [-0.4, -0.2) is 24.7 Å². The van der Waals surface area contributed by atoms with Crippen LogP contribution in [0.5, 0.6) is 0 Å². The molecule has 0 saturated heterocycles. The predicted molar refractivity (Wildman–Crippen MR) is 161 cm³/mol. The maximum atomic E-state index is 9.01. The molecule has 2 aromatic carbocycles. The molecule has 3 heteroatoms. The molecular formula is C34H43N3. The molecule has 0 bridgehead atoms. The van der Waals surface area contributed by atoms with Gasteiger partial charge in [0, 0.05) is 49.7 Å². The van der Waals surface area contributed by atoms with Crippen LogP contribution >= 0.6 is 0 Å². The summed E-state index contributed by atoms with van der Waals surface area (Å²) in [5.41, 5.74) is 10.7. The van der Waals surface area contributed by atoms with Crippen molar-refractivity contribution in [1.29, 1.82) is 5.41 Å². The molecule has 0 heterocycles. The largest absolute Gasteiger partial charge is 0.381 e. The minimum absolute atomic E-state index is 0.0908. The Kier molecular flexibility index (Phi) is 9.15. The van der Waals surface area contributed by atoms with Crippen LogP contribution in [0.4, 0.5) is 5.69 Å². The molecule has 2 N–H and O–H groups in total. The van der Waals surface area contributed by atoms with E-state index in [-0.39, 0.29) is 5.41 Å². The Labute approximate surface area is 224 Å². The van der Waals surface area contributed by atoms with Crippen LogP contribution < -0.4 is 5.32 Å². The van der Waals surface area contributed by atoms with Gasteiger partial charge in [-0.05, 0) is 70.4 Å². The van der Waals surface area contributed by atoms with Crippen molar-refractivity contribution in [3.63, 3.8) is 0 Å². The quantitative estimate of drug-likeness (QED) is 0.271. The van der Waals surface area contributed by atoms with Crippen LogP contribution in [-0.2, 0) is 11.8 Å². The Morgan fingerprint density at radius 2 is 1.65 bits per heavy atom. The second kappa shape index (κ2) is 12.1. The van der Waals surface area contributed by atoms with Crippen molar-refractivity contribution >= 4 is 11.4 Å². The van der Waals surface area contributed by atoms with Crippen molar-refractivity contribution in [2.75, 3.05) is 19.4 Å². The molecule has 0 radical (unpaired) electrons. The molecule has 0 spiro atoms. The Balaban J connectivity index is 1.96. The molecule has 0 fully saturated rings. The Hall–Kier alpha value is -3.59. The van der Waals surface area contributed by atoms with E-state index in [2.05, 4.69) is 138 Å². The highest BCUT2D eigenvalue weighted by atomic mass is 15.1. The first-order chi connectivity index (χ1) is 17.5. The van der Waals surface area contributed by atoms with Crippen LogP contribution in [0.15, 0.2) is 108 Å². The summed E-state index contributed by atoms with van der Waals surface area (Å²) in [6, 6.07) is 17.0. The first-order valence-electron chi connectivity index (χ1n) is 13.2. The van der Waals surface area contributed by atoms with Crippen LogP contribution in [0.2, 0.25) is 0 Å². The lowest BCUT2D eigenvalue weighted by Crippen LogP contribution is -2.12. The summed E-state index contributed by atoms with van der Waals surface area (Å²) in [4.78, 5) is 2.15. The summed E-state index contributed by atoms with van der Waals surface area (Å²) in [5.74, 6) is 0. The zero-order chi connectivity index (χ0) is 27.2. The molecule has 0 aromatic heterocycles. The maximum absolute atomic E-state index is 9.01. The summed E-state index contributed by atoms with van der Waals surface area (Å²) in [5, 5.41) is 12.5. The van der Waals surface area contributed by atoms with Gasteiger partial charge < -0.3 is 15.6 Å². The van der Waals surface area contributed by atoms with Crippen LogP contribution in [0, 0.1) is 5.41 Å². The van der Waals surface area contributed by atoms with Gasteiger partial charge in [-0.1, -0.05) is 88.9 Å². The fourth-order valence-electron chi connectivity index (χ4n) is 4.32. The van der Waals surface area contributed by atoms with Crippen molar-refractivity contribution in [3.8, 4) is 0 Å². The number of allylic oxidation sites excluding steroid dienone is 7. The Morgan fingerprint density at radius 3 is 2.22 bits per heavy atom. The third-order valence-electron chi connectivity index (χ3n) is 7.02. The summed E-state index contributed by atoms with van der Waals surface area (Å²) < 4.78 is 0. The van der Waals surface area contributed by atoms with E-state index in [1.807, 2.05) is 0 Å². The first-order valence-corrected chi connectivity index (χ1v) is 13.2. The van der Waals surface area contributed by atoms with E-state index >= 15 is 0 Å². The smallest absolute Gasteiger partial charge is 0.0430 e. The van der Waals surface area contributed by atoms with Crippen LogP contribution in [0.25, 0.3) is 0 Å². The lowest BCUT2D eigenvalue weighted by Gasteiger charge is -2.20. The van der Waals surface area contributed by atoms with E-state index in [0.717, 1.165) is 46.5 Å². The molecule has 2 aromatic rings. The first kappa shape index (κ1) is 28.0. The summed E-state index contributed by atoms with van der Waals surface area (Å²) >= 11 is 0. The third kappa shape index (κ3) is 7.45. The standard InChI is InChI=1S/C34H43N3/c1-9-26-13-20-30(21-14-26)36-25(3)24(2)32(27-11-10-12-31(22-17-27)37(7)8)23-33(35)28-15-18-29(19-16-28)34(4,5)6/h10-11,13-22,35-36H,3,9,12,23H2,1-2,4-8H3/b32-24-,35-33?. The van der Waals surface area contributed by atoms with Crippen LogP contribution in [0.1, 0.15) is 64.2 Å². The fourth-order valence-corrected chi connectivity index (χ4v) is 4.32. The lowest BCUT2D eigenvalue weighted by molar-refractivity contribution is 0.501. The van der Waals surface area contributed by atoms with Gasteiger partial charge in [-0.2, -0.15) is 0 Å². The average Bonchev–Trinajstić information content (AvgIpc) is 3.13. The minimum atomic E-state index is 0.0908. The molecule has 0 aliphatic heterocycles. The van der Waals surface area contributed by atoms with Crippen molar-refractivity contribution < 1.29 is 0 Å². The Morgan fingerprint density at radius 1 is 1.00 bits per heavy atom. The van der Waals surface area contributed by atoms with Gasteiger partial charge in [0.05, 0.1) is 0 Å². The number of aryl methyl sites for hydroxylation is 1. The van der Waals surface area contributed by atoms with E-state index in [4.69, 9.17) is 5.41 Å². The van der Waals surface area contributed by atoms with Gasteiger partial charge in [0.2, 0.25) is 0 Å². The lowest BCUT2D eigenvalue weighted by atomic mass is 9.85.